The number of methoxy groups -OCH3 is 1. The second-order valence-electron chi connectivity index (χ2n) is 5.84. The van der Waals surface area contributed by atoms with E-state index in [0.717, 1.165) is 37.9 Å². The first-order valence-corrected chi connectivity index (χ1v) is 8.69. The van der Waals surface area contributed by atoms with Gasteiger partial charge in [0.25, 0.3) is 5.88 Å². The highest BCUT2D eigenvalue weighted by Gasteiger charge is 2.31. The summed E-state index contributed by atoms with van der Waals surface area (Å²) in [5.41, 5.74) is 0.503. The number of nitrogens with zero attached hydrogens (tertiary/aromatic N) is 2. The third-order valence-electron chi connectivity index (χ3n) is 3.86. The van der Waals surface area contributed by atoms with Gasteiger partial charge in [0.15, 0.2) is 5.82 Å². The van der Waals surface area contributed by atoms with Gasteiger partial charge in [-0.05, 0) is 25.5 Å². The molecule has 26 heavy (non-hydrogen) atoms. The minimum absolute atomic E-state index is 0.0390. The lowest BCUT2D eigenvalue weighted by Gasteiger charge is -2.14. The monoisotopic (exact) mass is 387 g/mol. The summed E-state index contributed by atoms with van der Waals surface area (Å²) in [4.78, 5) is 8.85. The number of hydrogen-bond acceptors (Lipinski definition) is 4. The molecule has 0 unspecified atom stereocenters. The van der Waals surface area contributed by atoms with Crippen molar-refractivity contribution in [3.05, 3.63) is 34.5 Å². The normalized spacial score (nSPS) is 11.5. The maximum absolute atomic E-state index is 12.8. The van der Waals surface area contributed by atoms with Gasteiger partial charge in [-0.15, -0.1) is 0 Å². The molecule has 1 aromatic carbocycles. The number of aromatic nitrogens is 2. The van der Waals surface area contributed by atoms with Crippen LogP contribution in [-0.4, -0.2) is 23.6 Å². The number of nitrogens with one attached hydrogen (secondary N) is 1. The topological polar surface area (TPSA) is 47.0 Å². The molecule has 0 saturated heterocycles. The van der Waals surface area contributed by atoms with E-state index in [1.165, 1.54) is 13.2 Å². The number of hydrogen-bond donors (Lipinski definition) is 1. The third-order valence-corrected chi connectivity index (χ3v) is 4.17. The van der Waals surface area contributed by atoms with Crippen LogP contribution in [0.4, 0.5) is 19.0 Å². The minimum Gasteiger partial charge on any atom is -0.478 e. The number of anilines is 1. The Labute approximate surface area is 155 Å². The van der Waals surface area contributed by atoms with Gasteiger partial charge in [0.1, 0.15) is 0 Å². The molecule has 0 aliphatic heterocycles. The highest BCUT2D eigenvalue weighted by atomic mass is 35.5. The van der Waals surface area contributed by atoms with Crippen LogP contribution >= 0.6 is 11.6 Å². The Bertz CT molecular complexity index is 766. The maximum Gasteiger partial charge on any atom is 0.416 e. The van der Waals surface area contributed by atoms with Gasteiger partial charge in [0, 0.05) is 12.1 Å². The second-order valence-corrected chi connectivity index (χ2v) is 6.25. The van der Waals surface area contributed by atoms with Crippen LogP contribution in [0, 0.1) is 6.92 Å². The molecular weight excluding hydrogens is 367 g/mol. The number of ether oxygens (including phenoxy) is 1. The van der Waals surface area contributed by atoms with E-state index in [4.69, 9.17) is 16.3 Å². The predicted octanol–water partition coefficient (Wildman–Crippen LogP) is 5.73. The number of alkyl halides is 3. The summed E-state index contributed by atoms with van der Waals surface area (Å²) in [6.07, 6.45) is -1.25. The van der Waals surface area contributed by atoms with Crippen molar-refractivity contribution in [1.29, 1.82) is 0 Å². The third kappa shape index (κ3) is 4.78. The summed E-state index contributed by atoms with van der Waals surface area (Å²) in [5, 5.41) is 3.14. The number of halogens is 4. The Hall–Kier alpha value is -2.02. The van der Waals surface area contributed by atoms with Crippen LogP contribution in [0.2, 0.25) is 5.02 Å². The lowest BCUT2D eigenvalue weighted by molar-refractivity contribution is -0.137. The summed E-state index contributed by atoms with van der Waals surface area (Å²) >= 11 is 6.07. The molecule has 1 heterocycles. The lowest BCUT2D eigenvalue weighted by Crippen LogP contribution is -2.09. The van der Waals surface area contributed by atoms with E-state index in [-0.39, 0.29) is 10.9 Å². The Balaban J connectivity index is 2.35. The first-order chi connectivity index (χ1) is 12.3. The molecule has 0 aliphatic rings. The molecule has 142 valence electrons. The second kappa shape index (κ2) is 8.58. The van der Waals surface area contributed by atoms with Crippen molar-refractivity contribution in [2.45, 2.75) is 39.3 Å². The van der Waals surface area contributed by atoms with Crippen molar-refractivity contribution in [2.24, 2.45) is 0 Å². The van der Waals surface area contributed by atoms with Gasteiger partial charge >= 0.3 is 6.18 Å². The highest BCUT2D eigenvalue weighted by Crippen LogP contribution is 2.37. The summed E-state index contributed by atoms with van der Waals surface area (Å²) in [5.74, 6) is 0.783. The van der Waals surface area contributed by atoms with Crippen molar-refractivity contribution in [3.63, 3.8) is 0 Å². The summed E-state index contributed by atoms with van der Waals surface area (Å²) in [6.45, 7) is 4.58. The summed E-state index contributed by atoms with van der Waals surface area (Å²) in [7, 11) is 1.47. The van der Waals surface area contributed by atoms with Crippen LogP contribution in [0.15, 0.2) is 18.2 Å². The van der Waals surface area contributed by atoms with Gasteiger partial charge in [0.05, 0.1) is 29.1 Å². The van der Waals surface area contributed by atoms with Crippen molar-refractivity contribution in [1.82, 2.24) is 9.97 Å². The number of rotatable bonds is 7. The van der Waals surface area contributed by atoms with E-state index in [1.807, 2.05) is 0 Å². The molecule has 0 atom stereocenters. The zero-order valence-corrected chi connectivity index (χ0v) is 15.6. The molecule has 0 bridgehead atoms. The fourth-order valence-electron chi connectivity index (χ4n) is 2.48. The van der Waals surface area contributed by atoms with Gasteiger partial charge in [-0.25, -0.2) is 9.97 Å². The summed E-state index contributed by atoms with van der Waals surface area (Å²) in [6, 6.07) is 3.17. The first kappa shape index (κ1) is 20.3. The molecule has 0 radical (unpaired) electrons. The Morgan fingerprint density at radius 1 is 1.19 bits per heavy atom. The number of benzene rings is 1. The molecular formula is C18H21ClF3N3O. The lowest BCUT2D eigenvalue weighted by atomic mass is 10.1. The van der Waals surface area contributed by atoms with Gasteiger partial charge in [-0.1, -0.05) is 37.4 Å². The molecule has 1 N–H and O–H groups in total. The Kier molecular flexibility index (Phi) is 6.69. The Morgan fingerprint density at radius 2 is 1.92 bits per heavy atom. The molecule has 0 amide bonds. The predicted molar refractivity (Wildman–Crippen MR) is 96.8 cm³/mol. The Morgan fingerprint density at radius 3 is 2.50 bits per heavy atom. The van der Waals surface area contributed by atoms with E-state index in [1.54, 1.807) is 6.92 Å². The van der Waals surface area contributed by atoms with Crippen LogP contribution in [0.1, 0.15) is 37.4 Å². The molecule has 2 rings (SSSR count). The van der Waals surface area contributed by atoms with E-state index in [0.29, 0.717) is 22.8 Å². The van der Waals surface area contributed by atoms with Crippen LogP contribution in [0.25, 0.3) is 11.3 Å². The molecule has 8 heteroatoms. The summed E-state index contributed by atoms with van der Waals surface area (Å²) < 4.78 is 43.7. The first-order valence-electron chi connectivity index (χ1n) is 8.31. The standard InChI is InChI=1S/C18H21ClF3N3O/c1-4-5-6-9-23-16-17(26-3)25-15(11(2)24-16)13-8-7-12(10-14(13)19)18(20,21)22/h7-8,10H,4-6,9H2,1-3H3,(H,23,24). The highest BCUT2D eigenvalue weighted by molar-refractivity contribution is 6.33. The van der Waals surface area contributed by atoms with E-state index < -0.39 is 11.7 Å². The number of unbranched alkanes of at least 4 members (excludes halogenated alkanes) is 2. The van der Waals surface area contributed by atoms with Gasteiger partial charge in [-0.2, -0.15) is 13.2 Å². The van der Waals surface area contributed by atoms with Crippen LogP contribution < -0.4 is 10.1 Å². The maximum atomic E-state index is 12.8. The molecule has 0 saturated carbocycles. The molecule has 4 nitrogen and oxygen atoms in total. The molecule has 0 spiro atoms. The molecule has 0 fully saturated rings. The molecule has 1 aromatic heterocycles. The van der Waals surface area contributed by atoms with Crippen molar-refractivity contribution >= 4 is 17.4 Å². The zero-order chi connectivity index (χ0) is 19.3. The average molecular weight is 388 g/mol. The zero-order valence-electron chi connectivity index (χ0n) is 14.9. The van der Waals surface area contributed by atoms with Crippen LogP contribution in [0.3, 0.4) is 0 Å². The van der Waals surface area contributed by atoms with E-state index >= 15 is 0 Å². The molecule has 0 aliphatic carbocycles. The van der Waals surface area contributed by atoms with Crippen molar-refractivity contribution in [3.8, 4) is 17.1 Å². The smallest absolute Gasteiger partial charge is 0.416 e. The minimum atomic E-state index is -4.45. The van der Waals surface area contributed by atoms with Crippen molar-refractivity contribution < 1.29 is 17.9 Å². The SMILES string of the molecule is CCCCCNc1nc(C)c(-c2ccc(C(F)(F)F)cc2Cl)nc1OC. The fourth-order valence-corrected chi connectivity index (χ4v) is 2.75. The van der Waals surface area contributed by atoms with Gasteiger partial charge < -0.3 is 10.1 Å². The fraction of sp³-hybridized carbons (Fsp3) is 0.444. The van der Waals surface area contributed by atoms with Crippen LogP contribution in [0.5, 0.6) is 5.88 Å². The van der Waals surface area contributed by atoms with Crippen molar-refractivity contribution in [2.75, 3.05) is 19.0 Å². The van der Waals surface area contributed by atoms with E-state index in [2.05, 4.69) is 22.2 Å². The largest absolute Gasteiger partial charge is 0.478 e. The quantitative estimate of drug-likeness (QED) is 0.616. The van der Waals surface area contributed by atoms with Crippen LogP contribution in [-0.2, 0) is 6.18 Å². The van der Waals surface area contributed by atoms with E-state index in [9.17, 15) is 13.2 Å². The average Bonchev–Trinajstić information content (AvgIpc) is 2.58. The van der Waals surface area contributed by atoms with Gasteiger partial charge in [-0.3, -0.25) is 0 Å². The molecule has 2 aromatic rings. The van der Waals surface area contributed by atoms with Gasteiger partial charge in [0.2, 0.25) is 0 Å². The number of aryl methyl sites for hydroxylation is 1.